The number of benzene rings is 2. The molecule has 1 atom stereocenters. The summed E-state index contributed by atoms with van der Waals surface area (Å²) in [5, 5.41) is 9.70. The lowest BCUT2D eigenvalue weighted by molar-refractivity contribution is -0.137. The minimum Gasteiger partial charge on any atom is -0.368 e. The van der Waals surface area contributed by atoms with Crippen LogP contribution in [0.15, 0.2) is 53.4 Å². The van der Waals surface area contributed by atoms with E-state index < -0.39 is 22.0 Å². The molecule has 0 saturated carbocycles. The number of hydrogen-bond donors (Lipinski definition) is 2. The minimum absolute atomic E-state index is 0.0431. The molecule has 1 amide bonds. The maximum atomic E-state index is 12.3. The van der Waals surface area contributed by atoms with Crippen molar-refractivity contribution < 1.29 is 23.2 Å². The summed E-state index contributed by atoms with van der Waals surface area (Å²) in [6.07, 6.45) is 3.63. The van der Waals surface area contributed by atoms with Crippen LogP contribution in [0.3, 0.4) is 0 Å². The Hall–Kier alpha value is -2.81. The maximum Gasteiger partial charge on any atom is 0.265 e. The summed E-state index contributed by atoms with van der Waals surface area (Å²) in [5.41, 5.74) is 7.78. The number of hydrogen-bond acceptors (Lipinski definition) is 5. The highest BCUT2D eigenvalue weighted by atomic mass is 32.2. The average Bonchev–Trinajstić information content (AvgIpc) is 2.62. The van der Waals surface area contributed by atoms with Crippen molar-refractivity contribution in [3.05, 3.63) is 65.2 Å². The van der Waals surface area contributed by atoms with Gasteiger partial charge in [0.15, 0.2) is 6.04 Å². The Morgan fingerprint density at radius 3 is 1.92 bits per heavy atom. The first-order valence-corrected chi connectivity index (χ1v) is 9.02. The third-order valence-electron chi connectivity index (χ3n) is 3.63. The molecule has 7 nitrogen and oxygen atoms in total. The van der Waals surface area contributed by atoms with Gasteiger partial charge in [-0.15, -0.1) is 0 Å². The highest BCUT2D eigenvalue weighted by molar-refractivity contribution is 7.89. The van der Waals surface area contributed by atoms with Gasteiger partial charge in [0, 0.05) is 0 Å². The van der Waals surface area contributed by atoms with Gasteiger partial charge in [-0.2, -0.15) is 0 Å². The first kappa shape index (κ1) is 19.5. The second-order valence-electron chi connectivity index (χ2n) is 5.57. The minimum atomic E-state index is -4.45. The first-order valence-electron chi connectivity index (χ1n) is 7.58. The summed E-state index contributed by atoms with van der Waals surface area (Å²) in [6.45, 7) is 1.99. The molecule has 136 valence electrons. The van der Waals surface area contributed by atoms with Crippen molar-refractivity contribution in [2.75, 3.05) is 0 Å². The Balaban J connectivity index is 2.21. The topological polar surface area (TPSA) is 118 Å². The average molecular weight is 374 g/mol. The highest BCUT2D eigenvalue weighted by Gasteiger charge is 2.33. The molecule has 0 aliphatic heterocycles. The molecule has 26 heavy (non-hydrogen) atoms. The Morgan fingerprint density at radius 2 is 1.50 bits per heavy atom. The zero-order valence-corrected chi connectivity index (χ0v) is 14.8. The molecule has 3 N–H and O–H groups in total. The molecular formula is C18H18N2O5S. The second-order valence-corrected chi connectivity index (χ2v) is 7.37. The van der Waals surface area contributed by atoms with Gasteiger partial charge in [0.2, 0.25) is 5.91 Å². The molecule has 0 aromatic heterocycles. The van der Waals surface area contributed by atoms with Gasteiger partial charge in [0.1, 0.15) is 6.29 Å². The van der Waals surface area contributed by atoms with Crippen LogP contribution in [-0.4, -0.2) is 36.3 Å². The number of amides is 1. The van der Waals surface area contributed by atoms with E-state index in [-0.39, 0.29) is 15.7 Å². The van der Waals surface area contributed by atoms with Crippen LogP contribution in [0.1, 0.15) is 16.7 Å². The Labute approximate surface area is 151 Å². The van der Waals surface area contributed by atoms with Crippen LogP contribution in [0.4, 0.5) is 0 Å². The fourth-order valence-corrected chi connectivity index (χ4v) is 3.26. The van der Waals surface area contributed by atoms with Crippen molar-refractivity contribution in [3.8, 4) is 0 Å². The van der Waals surface area contributed by atoms with Crippen LogP contribution in [0, 0.1) is 6.92 Å². The number of rotatable bonds is 7. The summed E-state index contributed by atoms with van der Waals surface area (Å²) in [6, 6.07) is 11.5. The third-order valence-corrected chi connectivity index (χ3v) is 5.22. The lowest BCUT2D eigenvalue weighted by atomic mass is 10.1. The molecule has 0 spiro atoms. The van der Waals surface area contributed by atoms with Gasteiger partial charge >= 0.3 is 0 Å². The molecule has 2 aromatic rings. The summed E-state index contributed by atoms with van der Waals surface area (Å²) in [7, 11) is -4.45. The molecule has 2 aromatic carbocycles. The van der Waals surface area contributed by atoms with Crippen molar-refractivity contribution in [1.29, 1.82) is 0 Å². The van der Waals surface area contributed by atoms with Gasteiger partial charge in [-0.1, -0.05) is 58.6 Å². The van der Waals surface area contributed by atoms with E-state index in [1.165, 1.54) is 24.3 Å². The van der Waals surface area contributed by atoms with Crippen molar-refractivity contribution >= 4 is 34.4 Å². The van der Waals surface area contributed by atoms with Crippen LogP contribution in [0.25, 0.3) is 12.2 Å². The molecule has 0 aliphatic carbocycles. The summed E-state index contributed by atoms with van der Waals surface area (Å²) < 4.78 is 24.2. The van der Waals surface area contributed by atoms with Crippen molar-refractivity contribution in [1.82, 2.24) is 4.47 Å². The van der Waals surface area contributed by atoms with Gasteiger partial charge in [0.25, 0.3) is 10.0 Å². The van der Waals surface area contributed by atoms with Gasteiger partial charge in [-0.3, -0.25) is 10.0 Å². The van der Waals surface area contributed by atoms with E-state index in [4.69, 9.17) is 5.73 Å². The lowest BCUT2D eigenvalue weighted by Gasteiger charge is -2.18. The van der Waals surface area contributed by atoms with Gasteiger partial charge in [-0.25, -0.2) is 8.42 Å². The van der Waals surface area contributed by atoms with E-state index in [1.54, 1.807) is 6.08 Å². The number of sulfonamides is 1. The van der Waals surface area contributed by atoms with E-state index in [1.807, 2.05) is 37.3 Å². The van der Waals surface area contributed by atoms with E-state index in [0.29, 0.717) is 0 Å². The molecule has 0 saturated heterocycles. The van der Waals surface area contributed by atoms with Crippen molar-refractivity contribution in [2.45, 2.75) is 17.9 Å². The molecule has 0 unspecified atom stereocenters. The number of aryl methyl sites for hydroxylation is 1. The fraction of sp³-hybridized carbons (Fsp3) is 0.111. The maximum absolute atomic E-state index is 12.3. The molecular weight excluding hydrogens is 356 g/mol. The first-order chi connectivity index (χ1) is 12.3. The van der Waals surface area contributed by atoms with E-state index in [0.717, 1.165) is 16.7 Å². The predicted molar refractivity (Wildman–Crippen MR) is 96.4 cm³/mol. The number of carbonyl (C=O) groups excluding carboxylic acids is 2. The smallest absolute Gasteiger partial charge is 0.265 e. The molecule has 0 radical (unpaired) electrons. The molecule has 0 aliphatic rings. The van der Waals surface area contributed by atoms with Crippen LogP contribution in [0.5, 0.6) is 0 Å². The number of aldehydes is 1. The number of carbonyl (C=O) groups is 2. The van der Waals surface area contributed by atoms with Gasteiger partial charge < -0.3 is 10.5 Å². The van der Waals surface area contributed by atoms with E-state index in [9.17, 15) is 23.2 Å². The van der Waals surface area contributed by atoms with Crippen LogP contribution >= 0.6 is 0 Å². The highest BCUT2D eigenvalue weighted by Crippen LogP contribution is 2.18. The summed E-state index contributed by atoms with van der Waals surface area (Å²) >= 11 is 0. The zero-order valence-electron chi connectivity index (χ0n) is 13.9. The van der Waals surface area contributed by atoms with Crippen molar-refractivity contribution in [2.24, 2.45) is 5.73 Å². The lowest BCUT2D eigenvalue weighted by Crippen LogP contribution is -2.47. The van der Waals surface area contributed by atoms with Crippen LogP contribution in [-0.2, 0) is 19.6 Å². The summed E-state index contributed by atoms with van der Waals surface area (Å²) in [4.78, 5) is 21.6. The Kier molecular flexibility index (Phi) is 6.04. The number of hydroxylamine groups is 1. The number of nitrogens with two attached hydrogens (primary N) is 1. The monoisotopic (exact) mass is 374 g/mol. The predicted octanol–water partition coefficient (Wildman–Crippen LogP) is 1.60. The summed E-state index contributed by atoms with van der Waals surface area (Å²) in [5.74, 6) is -1.27. The normalized spacial score (nSPS) is 13.0. The Bertz CT molecular complexity index is 919. The third kappa shape index (κ3) is 4.42. The standard InChI is InChI=1S/C18H18N2O5S/c1-13-2-4-14(5-3-13)6-7-15-8-10-16(11-9-15)26(24,25)20(23)17(12-21)18(19)22/h2-12,17,23H,1H3,(H2,19,22)/t17-/m0/s1. The number of nitrogens with zero attached hydrogens (tertiary/aromatic N) is 1. The van der Waals surface area contributed by atoms with Crippen LogP contribution in [0.2, 0.25) is 0 Å². The SMILES string of the molecule is Cc1ccc(C=Cc2ccc(S(=O)(=O)N(O)[C@@H](C=O)C(N)=O)cc2)cc1. The molecule has 2 rings (SSSR count). The molecule has 0 bridgehead atoms. The zero-order chi connectivity index (χ0) is 19.3. The molecule has 8 heteroatoms. The van der Waals surface area contributed by atoms with Crippen molar-refractivity contribution in [3.63, 3.8) is 0 Å². The van der Waals surface area contributed by atoms with E-state index >= 15 is 0 Å². The second kappa shape index (κ2) is 8.05. The number of primary amides is 1. The quantitative estimate of drug-likeness (QED) is 0.330. The fourth-order valence-electron chi connectivity index (χ4n) is 2.11. The Morgan fingerprint density at radius 1 is 1.04 bits per heavy atom. The largest absolute Gasteiger partial charge is 0.368 e. The molecule has 0 fully saturated rings. The molecule has 0 heterocycles. The van der Waals surface area contributed by atoms with E-state index in [2.05, 4.69) is 0 Å². The van der Waals surface area contributed by atoms with Gasteiger partial charge in [0.05, 0.1) is 4.90 Å². The van der Waals surface area contributed by atoms with Gasteiger partial charge in [-0.05, 0) is 30.2 Å². The van der Waals surface area contributed by atoms with Crippen LogP contribution < -0.4 is 5.73 Å².